The maximum atomic E-state index is 13.2. The molecule has 2 heterocycles. The van der Waals surface area contributed by atoms with Crippen LogP contribution >= 0.6 is 0 Å². The van der Waals surface area contributed by atoms with Gasteiger partial charge in [-0.25, -0.2) is 0 Å². The molecule has 152 valence electrons. The Labute approximate surface area is 166 Å². The molecule has 1 saturated carbocycles. The highest BCUT2D eigenvalue weighted by atomic mass is 16.5. The van der Waals surface area contributed by atoms with E-state index in [2.05, 4.69) is 0 Å². The molecule has 2 fully saturated rings. The summed E-state index contributed by atoms with van der Waals surface area (Å²) in [5, 5.41) is 0. The van der Waals surface area contributed by atoms with Gasteiger partial charge in [0.2, 0.25) is 11.8 Å². The van der Waals surface area contributed by atoms with E-state index in [0.29, 0.717) is 37.8 Å². The van der Waals surface area contributed by atoms with Gasteiger partial charge in [-0.3, -0.25) is 9.59 Å². The minimum Gasteiger partial charge on any atom is -0.493 e. The second-order valence-electron chi connectivity index (χ2n) is 8.22. The van der Waals surface area contributed by atoms with Crippen LogP contribution in [0.2, 0.25) is 0 Å². The number of likely N-dealkylation sites (tertiary alicyclic amines) is 1. The molecule has 0 radical (unpaired) electrons. The molecular formula is C22H30N2O4. The predicted molar refractivity (Wildman–Crippen MR) is 105 cm³/mol. The van der Waals surface area contributed by atoms with Gasteiger partial charge < -0.3 is 19.3 Å². The van der Waals surface area contributed by atoms with Gasteiger partial charge in [-0.05, 0) is 42.5 Å². The summed E-state index contributed by atoms with van der Waals surface area (Å²) in [6.45, 7) is 1.86. The number of hydrogen-bond acceptors (Lipinski definition) is 4. The molecule has 1 aliphatic carbocycles. The van der Waals surface area contributed by atoms with E-state index in [-0.39, 0.29) is 17.7 Å². The first kappa shape index (κ1) is 19.1. The Bertz CT molecular complexity index is 757. The van der Waals surface area contributed by atoms with Gasteiger partial charge in [0.05, 0.1) is 20.1 Å². The fraction of sp³-hybridized carbons (Fsp3) is 0.636. The Balaban J connectivity index is 1.44. The van der Waals surface area contributed by atoms with E-state index in [0.717, 1.165) is 30.6 Å². The lowest BCUT2D eigenvalue weighted by molar-refractivity contribution is -0.136. The Kier molecular flexibility index (Phi) is 5.47. The second kappa shape index (κ2) is 8.02. The molecule has 0 bridgehead atoms. The summed E-state index contributed by atoms with van der Waals surface area (Å²) in [7, 11) is 3.26. The van der Waals surface area contributed by atoms with Crippen LogP contribution in [0.5, 0.6) is 11.5 Å². The van der Waals surface area contributed by atoms with Crippen LogP contribution in [0.1, 0.15) is 49.7 Å². The molecule has 0 spiro atoms. The molecule has 1 aromatic rings. The molecule has 1 saturated heterocycles. The molecule has 2 aliphatic heterocycles. The molecule has 0 N–H and O–H groups in total. The smallest absolute Gasteiger partial charge is 0.228 e. The number of methoxy groups -OCH3 is 2. The van der Waals surface area contributed by atoms with E-state index in [9.17, 15) is 9.59 Å². The summed E-state index contributed by atoms with van der Waals surface area (Å²) in [4.78, 5) is 29.6. The molecule has 4 rings (SSSR count). The highest BCUT2D eigenvalue weighted by Gasteiger charge is 2.40. The van der Waals surface area contributed by atoms with Crippen LogP contribution in [-0.4, -0.2) is 55.0 Å². The summed E-state index contributed by atoms with van der Waals surface area (Å²) in [6, 6.07) is 4.33. The van der Waals surface area contributed by atoms with E-state index in [4.69, 9.17) is 9.47 Å². The molecule has 0 aromatic heterocycles. The van der Waals surface area contributed by atoms with Gasteiger partial charge in [0.15, 0.2) is 11.5 Å². The van der Waals surface area contributed by atoms with E-state index >= 15 is 0 Å². The molecule has 2 amide bonds. The monoisotopic (exact) mass is 386 g/mol. The molecular weight excluding hydrogens is 356 g/mol. The Hall–Kier alpha value is -2.24. The summed E-state index contributed by atoms with van der Waals surface area (Å²) < 4.78 is 10.8. The van der Waals surface area contributed by atoms with Crippen LogP contribution in [0.25, 0.3) is 0 Å². The SMILES string of the molecule is COc1cc2c(cc1OC)CN(C(=O)C1CC(=O)N(C3CCCCC3)C1)CC2. The third-order valence-electron chi connectivity index (χ3n) is 6.55. The van der Waals surface area contributed by atoms with Crippen molar-refractivity contribution in [3.63, 3.8) is 0 Å². The topological polar surface area (TPSA) is 59.1 Å². The van der Waals surface area contributed by atoms with Crippen molar-refractivity contribution >= 4 is 11.8 Å². The lowest BCUT2D eigenvalue weighted by atomic mass is 9.94. The fourth-order valence-corrected chi connectivity index (χ4v) is 4.97. The van der Waals surface area contributed by atoms with Crippen molar-refractivity contribution in [3.8, 4) is 11.5 Å². The molecule has 1 unspecified atom stereocenters. The maximum absolute atomic E-state index is 13.2. The quantitative estimate of drug-likeness (QED) is 0.798. The third kappa shape index (κ3) is 3.56. The zero-order valence-corrected chi connectivity index (χ0v) is 16.9. The van der Waals surface area contributed by atoms with Crippen LogP contribution in [-0.2, 0) is 22.6 Å². The van der Waals surface area contributed by atoms with Crippen molar-refractivity contribution in [2.45, 2.75) is 57.5 Å². The average Bonchev–Trinajstić information content (AvgIpc) is 3.13. The lowest BCUT2D eigenvalue weighted by Gasteiger charge is -2.33. The van der Waals surface area contributed by atoms with Crippen molar-refractivity contribution in [2.75, 3.05) is 27.3 Å². The normalized spacial score (nSPS) is 22.9. The van der Waals surface area contributed by atoms with Crippen LogP contribution in [0.3, 0.4) is 0 Å². The number of fused-ring (bicyclic) bond motifs is 1. The Morgan fingerprint density at radius 3 is 2.39 bits per heavy atom. The molecule has 1 aromatic carbocycles. The number of nitrogens with zero attached hydrogens (tertiary/aromatic N) is 2. The third-order valence-corrected chi connectivity index (χ3v) is 6.55. The van der Waals surface area contributed by atoms with Crippen molar-refractivity contribution in [3.05, 3.63) is 23.3 Å². The van der Waals surface area contributed by atoms with E-state index < -0.39 is 0 Å². The van der Waals surface area contributed by atoms with Gasteiger partial charge >= 0.3 is 0 Å². The number of carbonyl (C=O) groups excluding carboxylic acids is 2. The first-order chi connectivity index (χ1) is 13.6. The van der Waals surface area contributed by atoms with E-state index in [1.165, 1.54) is 24.8 Å². The van der Waals surface area contributed by atoms with Crippen molar-refractivity contribution < 1.29 is 19.1 Å². The second-order valence-corrected chi connectivity index (χ2v) is 8.22. The molecule has 6 nitrogen and oxygen atoms in total. The van der Waals surface area contributed by atoms with Crippen molar-refractivity contribution in [1.29, 1.82) is 0 Å². The summed E-state index contributed by atoms with van der Waals surface area (Å²) in [5.41, 5.74) is 2.30. The van der Waals surface area contributed by atoms with Gasteiger partial charge in [-0.1, -0.05) is 19.3 Å². The molecule has 1 atom stereocenters. The number of benzene rings is 1. The predicted octanol–water partition coefficient (Wildman–Crippen LogP) is 2.77. The number of rotatable bonds is 4. The maximum Gasteiger partial charge on any atom is 0.228 e. The first-order valence-electron chi connectivity index (χ1n) is 10.4. The van der Waals surface area contributed by atoms with Crippen molar-refractivity contribution in [2.24, 2.45) is 5.92 Å². The number of hydrogen-bond donors (Lipinski definition) is 0. The first-order valence-corrected chi connectivity index (χ1v) is 10.4. The number of ether oxygens (including phenoxy) is 2. The number of amides is 2. The fourth-order valence-electron chi connectivity index (χ4n) is 4.97. The molecule has 3 aliphatic rings. The highest BCUT2D eigenvalue weighted by molar-refractivity contribution is 5.89. The van der Waals surface area contributed by atoms with Crippen LogP contribution in [0.15, 0.2) is 12.1 Å². The van der Waals surface area contributed by atoms with Crippen molar-refractivity contribution in [1.82, 2.24) is 9.80 Å². The Morgan fingerprint density at radius 2 is 1.71 bits per heavy atom. The largest absolute Gasteiger partial charge is 0.493 e. The lowest BCUT2D eigenvalue weighted by Crippen LogP contribution is -2.42. The zero-order chi connectivity index (χ0) is 19.7. The van der Waals surface area contributed by atoms with E-state index in [1.807, 2.05) is 21.9 Å². The van der Waals surface area contributed by atoms with Gasteiger partial charge in [-0.2, -0.15) is 0 Å². The molecule has 6 heteroatoms. The minimum atomic E-state index is -0.198. The van der Waals surface area contributed by atoms with Crippen LogP contribution in [0.4, 0.5) is 0 Å². The minimum absolute atomic E-state index is 0.118. The van der Waals surface area contributed by atoms with Gasteiger partial charge in [-0.15, -0.1) is 0 Å². The van der Waals surface area contributed by atoms with Crippen LogP contribution < -0.4 is 9.47 Å². The Morgan fingerprint density at radius 1 is 1.04 bits per heavy atom. The van der Waals surface area contributed by atoms with E-state index in [1.54, 1.807) is 14.2 Å². The summed E-state index contributed by atoms with van der Waals surface area (Å²) in [5.74, 6) is 1.50. The summed E-state index contributed by atoms with van der Waals surface area (Å²) in [6.07, 6.45) is 7.00. The average molecular weight is 386 g/mol. The standard InChI is InChI=1S/C22H30N2O4/c1-27-19-10-15-8-9-23(13-16(15)11-20(19)28-2)22(26)17-12-21(25)24(14-17)18-6-4-3-5-7-18/h10-11,17-18H,3-9,12-14H2,1-2H3. The van der Waals surface area contributed by atoms with Gasteiger partial charge in [0, 0.05) is 32.1 Å². The highest BCUT2D eigenvalue weighted by Crippen LogP contribution is 2.34. The summed E-state index contributed by atoms with van der Waals surface area (Å²) >= 11 is 0. The molecule has 28 heavy (non-hydrogen) atoms. The van der Waals surface area contributed by atoms with Crippen LogP contribution in [0, 0.1) is 5.92 Å². The zero-order valence-electron chi connectivity index (χ0n) is 16.9. The number of carbonyl (C=O) groups is 2. The van der Waals surface area contributed by atoms with Gasteiger partial charge in [0.1, 0.15) is 0 Å². The van der Waals surface area contributed by atoms with Gasteiger partial charge in [0.25, 0.3) is 0 Å².